The minimum Gasteiger partial charge on any atom is -0.247 e. The van der Waals surface area contributed by atoms with Crippen molar-refractivity contribution >= 4 is 27.0 Å². The Morgan fingerprint density at radius 3 is 2.20 bits per heavy atom. The van der Waals surface area contributed by atoms with Crippen molar-refractivity contribution in [1.82, 2.24) is 0 Å². The maximum atomic E-state index is 10.6. The Balaban J connectivity index is 2.85. The van der Waals surface area contributed by atoms with Crippen LogP contribution in [-0.4, -0.2) is 5.37 Å². The number of rotatable bonds is 0. The van der Waals surface area contributed by atoms with Crippen LogP contribution in [-0.2, 0) is 0 Å². The fourth-order valence-electron chi connectivity index (χ4n) is 0. The number of hydrogen-bond donors (Lipinski definition) is 0. The molecule has 0 N–H and O–H groups in total. The molecular weight excluding hydrogens is 115 g/mol. The van der Waals surface area contributed by atoms with Gasteiger partial charge in [-0.05, 0) is 10.7 Å². The molecule has 1 nitrogen and oxygen atoms in total. The van der Waals surface area contributed by atoms with Gasteiger partial charge >= 0.3 is 5.37 Å². The van der Waals surface area contributed by atoms with Crippen LogP contribution in [0.25, 0.3) is 0 Å². The zero-order valence-corrected chi connectivity index (χ0v) is 3.64. The molecule has 0 heterocycles. The monoisotopic (exact) mass is 114 g/mol. The van der Waals surface area contributed by atoms with Gasteiger partial charge in [0.1, 0.15) is 0 Å². The Hall–Kier alpha value is 0.240. The van der Waals surface area contributed by atoms with E-state index in [1.807, 2.05) is 0 Å². The minimum absolute atomic E-state index is 0.0463. The van der Waals surface area contributed by atoms with Crippen LogP contribution in [0.5, 0.6) is 0 Å². The molecule has 0 bridgehead atoms. The van der Waals surface area contributed by atoms with Crippen molar-refractivity contribution in [3.8, 4) is 0 Å². The summed E-state index contributed by atoms with van der Waals surface area (Å²) < 4.78 is 10.6. The van der Waals surface area contributed by atoms with Gasteiger partial charge in [-0.15, -0.1) is 0 Å². The zero-order valence-electron chi connectivity index (χ0n) is 2.07. The van der Waals surface area contributed by atoms with Gasteiger partial charge in [0, 0.05) is 0 Å². The topological polar surface area (TPSA) is 17.1 Å². The molecule has 0 aromatic carbocycles. The maximum absolute atomic E-state index is 10.6. The van der Waals surface area contributed by atoms with Crippen LogP contribution in [0.4, 0.5) is 9.18 Å². The van der Waals surface area contributed by atoms with E-state index in [2.05, 4.69) is 10.7 Å². The predicted octanol–water partition coefficient (Wildman–Crippen LogP) is 1.96. The van der Waals surface area contributed by atoms with E-state index in [-0.39, 0.29) is 11.0 Å². The fourth-order valence-corrected chi connectivity index (χ4v) is 0. The van der Waals surface area contributed by atoms with Crippen molar-refractivity contribution < 1.29 is 9.18 Å². The van der Waals surface area contributed by atoms with Crippen LogP contribution < -0.4 is 0 Å². The normalized spacial score (nSPS) is 7.60. The Morgan fingerprint density at radius 1 is 2.00 bits per heavy atom. The second-order valence-electron chi connectivity index (χ2n) is 0.315. The summed E-state index contributed by atoms with van der Waals surface area (Å²) in [6, 6.07) is 0. The van der Waals surface area contributed by atoms with Gasteiger partial charge in [0.05, 0.1) is 11.0 Å². The lowest BCUT2D eigenvalue weighted by Crippen LogP contribution is -1.58. The number of carbonyl (C=O) groups excluding carboxylic acids is 1. The molecule has 0 atom stereocenters. The van der Waals surface area contributed by atoms with Crippen molar-refractivity contribution in [3.63, 3.8) is 0 Å². The fraction of sp³-hybridized carbons (Fsp3) is 0. The van der Waals surface area contributed by atoms with E-state index in [0.717, 1.165) is 0 Å². The van der Waals surface area contributed by atoms with Gasteiger partial charge in [0.2, 0.25) is 0 Å². The molecule has 0 radical (unpaired) electrons. The smallest absolute Gasteiger partial charge is 0.247 e. The highest BCUT2D eigenvalue weighted by atomic mass is 35.7. The molecule has 0 unspecified atom stereocenters. The van der Waals surface area contributed by atoms with Crippen molar-refractivity contribution in [2.45, 2.75) is 0 Å². The summed E-state index contributed by atoms with van der Waals surface area (Å²) in [7, 11) is 4.57. The van der Waals surface area contributed by atoms with Crippen LogP contribution in [0.15, 0.2) is 0 Å². The lowest BCUT2D eigenvalue weighted by molar-refractivity contribution is 0.245. The van der Waals surface area contributed by atoms with E-state index in [1.54, 1.807) is 0 Å². The molecule has 0 amide bonds. The van der Waals surface area contributed by atoms with E-state index < -0.39 is 5.37 Å². The highest BCUT2D eigenvalue weighted by Crippen LogP contribution is 2.07. The summed E-state index contributed by atoms with van der Waals surface area (Å²) in [5, 5.41) is -1.56. The molecule has 0 fully saturated rings. The molecule has 0 aliphatic heterocycles. The number of carbonyl (C=O) groups is 1. The molecule has 30 valence electrons. The number of hydrogen-bond acceptors (Lipinski definition) is 2. The van der Waals surface area contributed by atoms with Crippen molar-refractivity contribution in [1.29, 1.82) is 0 Å². The van der Waals surface area contributed by atoms with E-state index in [9.17, 15) is 4.39 Å². The first-order valence-electron chi connectivity index (χ1n) is 0.752. The van der Waals surface area contributed by atoms with Crippen LogP contribution in [0.1, 0.15) is 0 Å². The maximum Gasteiger partial charge on any atom is 0.374 e. The predicted molar refractivity (Wildman–Crippen MR) is 19.9 cm³/mol. The van der Waals surface area contributed by atoms with Gasteiger partial charge in [0.25, 0.3) is 0 Å². The third-order valence-electron chi connectivity index (χ3n) is 0.0607. The molecule has 0 rings (SSSR count). The van der Waals surface area contributed by atoms with Crippen LogP contribution >= 0.6 is 21.7 Å². The average molecular weight is 115 g/mol. The summed E-state index contributed by atoms with van der Waals surface area (Å²) in [5.41, 5.74) is 0. The molecule has 0 aliphatic rings. The largest absolute Gasteiger partial charge is 0.374 e. The quantitative estimate of drug-likeness (QED) is 0.448. The van der Waals surface area contributed by atoms with Crippen molar-refractivity contribution in [2.24, 2.45) is 0 Å². The average Bonchev–Trinajstić information content (AvgIpc) is 1.38. The molecule has 0 aromatic rings. The lowest BCUT2D eigenvalue weighted by Gasteiger charge is -1.62. The van der Waals surface area contributed by atoms with Gasteiger partial charge < -0.3 is 0 Å². The summed E-state index contributed by atoms with van der Waals surface area (Å²) >= 11 is 0. The number of halogens is 2. The Bertz CT molecular complexity index is 46.9. The van der Waals surface area contributed by atoms with Crippen LogP contribution in [0.2, 0.25) is 0 Å². The van der Waals surface area contributed by atoms with Gasteiger partial charge in [-0.2, -0.15) is 4.39 Å². The van der Waals surface area contributed by atoms with Crippen molar-refractivity contribution in [3.05, 3.63) is 0 Å². The first-order chi connectivity index (χ1) is 2.27. The summed E-state index contributed by atoms with van der Waals surface area (Å²) in [5.74, 6) is 0. The van der Waals surface area contributed by atoms with E-state index in [4.69, 9.17) is 4.79 Å². The molecule has 0 saturated carbocycles. The molecule has 0 spiro atoms. The molecule has 5 heavy (non-hydrogen) atoms. The van der Waals surface area contributed by atoms with E-state index >= 15 is 0 Å². The van der Waals surface area contributed by atoms with Gasteiger partial charge in [0.15, 0.2) is 0 Å². The summed E-state index contributed by atoms with van der Waals surface area (Å²) in [6.45, 7) is 0. The standard InChI is InChI=1S/CClFOS/c2-5-1(3)4. The van der Waals surface area contributed by atoms with Crippen LogP contribution in [0.3, 0.4) is 0 Å². The second kappa shape index (κ2) is 2.48. The van der Waals surface area contributed by atoms with E-state index in [1.165, 1.54) is 0 Å². The Morgan fingerprint density at radius 2 is 2.20 bits per heavy atom. The van der Waals surface area contributed by atoms with Gasteiger partial charge in [-0.25, -0.2) is 4.79 Å². The third-order valence-corrected chi connectivity index (χ3v) is 0.546. The molecule has 0 aliphatic carbocycles. The first kappa shape index (κ1) is 5.24. The molecule has 4 heteroatoms. The van der Waals surface area contributed by atoms with Crippen molar-refractivity contribution in [2.75, 3.05) is 0 Å². The highest BCUT2D eigenvalue weighted by Gasteiger charge is 1.88. The molecular formula is CClFOS. The van der Waals surface area contributed by atoms with Gasteiger partial charge in [-0.1, -0.05) is 0 Å². The highest BCUT2D eigenvalue weighted by molar-refractivity contribution is 8.32. The summed E-state index contributed by atoms with van der Waals surface area (Å²) in [6.07, 6.45) is 0. The first-order valence-corrected chi connectivity index (χ1v) is 2.39. The van der Waals surface area contributed by atoms with Crippen LogP contribution in [0, 0.1) is 0 Å². The lowest BCUT2D eigenvalue weighted by atomic mass is 11.7. The molecule has 0 aromatic heterocycles. The molecule has 0 saturated heterocycles. The summed E-state index contributed by atoms with van der Waals surface area (Å²) in [4.78, 5) is 8.98. The minimum atomic E-state index is -1.56. The Kier molecular flexibility index (Phi) is 2.59. The third kappa shape index (κ3) is 4.24. The Labute approximate surface area is 37.0 Å². The zero-order chi connectivity index (χ0) is 4.28. The van der Waals surface area contributed by atoms with E-state index in [0.29, 0.717) is 0 Å². The SMILES string of the molecule is O=C(F)SCl. The second-order valence-corrected chi connectivity index (χ2v) is 1.25. The van der Waals surface area contributed by atoms with Gasteiger partial charge in [-0.3, -0.25) is 0 Å².